The zero-order chi connectivity index (χ0) is 22.7. The number of ketones is 1. The maximum atomic E-state index is 13.5. The molecule has 4 unspecified atom stereocenters. The second kappa shape index (κ2) is 8.23. The van der Waals surface area contributed by atoms with Crippen molar-refractivity contribution in [3.8, 4) is 5.75 Å². The molecule has 3 N–H and O–H groups in total. The number of carbonyl (C=O) groups is 1. The maximum Gasteiger partial charge on any atom is 0.151 e. The number of benzene rings is 2. The van der Waals surface area contributed by atoms with Gasteiger partial charge in [-0.1, -0.05) is 31.2 Å². The topological polar surface area (TPSA) is 77.8 Å². The van der Waals surface area contributed by atoms with Crippen molar-refractivity contribution in [3.05, 3.63) is 41.0 Å². The fraction of sp³-hybridized carbons (Fsp3) is 0.577. The van der Waals surface area contributed by atoms with Crippen LogP contribution in [0, 0.1) is 11.8 Å². The first kappa shape index (κ1) is 22.6. The van der Waals surface area contributed by atoms with Crippen LogP contribution in [0.25, 0.3) is 10.8 Å². The van der Waals surface area contributed by atoms with Crippen molar-refractivity contribution in [1.29, 1.82) is 0 Å². The molecular weight excluding hydrogens is 440 g/mol. The number of carbonyl (C=O) groups excluding carboxylic acids is 1. The van der Waals surface area contributed by atoms with Crippen LogP contribution in [0.3, 0.4) is 0 Å². The van der Waals surface area contributed by atoms with Gasteiger partial charge in [0.25, 0.3) is 0 Å². The Morgan fingerprint density at radius 1 is 1.19 bits per heavy atom. The first-order valence-electron chi connectivity index (χ1n) is 11.9. The number of rotatable bonds is 6. The van der Waals surface area contributed by atoms with Crippen molar-refractivity contribution in [2.75, 3.05) is 11.5 Å². The van der Waals surface area contributed by atoms with Crippen LogP contribution in [0.5, 0.6) is 5.75 Å². The van der Waals surface area contributed by atoms with Crippen molar-refractivity contribution in [1.82, 2.24) is 0 Å². The molecule has 6 heteroatoms. The van der Waals surface area contributed by atoms with Gasteiger partial charge in [-0.3, -0.25) is 13.9 Å². The lowest BCUT2D eigenvalue weighted by molar-refractivity contribution is -0.117. The predicted octanol–water partition coefficient (Wildman–Crippen LogP) is 6.21. The highest BCUT2D eigenvalue weighted by atomic mass is 32.3. The number of hydrogen-bond donors (Lipinski definition) is 3. The van der Waals surface area contributed by atoms with Crippen molar-refractivity contribution in [2.24, 2.45) is 11.8 Å². The Morgan fingerprint density at radius 2 is 1.88 bits per heavy atom. The third kappa shape index (κ3) is 4.08. The van der Waals surface area contributed by atoms with Crippen LogP contribution in [0.15, 0.2) is 24.3 Å². The minimum absolute atomic E-state index is 0.0125. The van der Waals surface area contributed by atoms with Crippen LogP contribution in [-0.4, -0.2) is 41.5 Å². The molecule has 0 saturated carbocycles. The van der Waals surface area contributed by atoms with E-state index in [1.165, 1.54) is 5.56 Å². The molecule has 2 fully saturated rings. The summed E-state index contributed by atoms with van der Waals surface area (Å²) >= 11 is 1.78. The number of phenolic OH excluding ortho intramolecular Hbond substituents is 1. The standard InChI is InChI=1S/C26H34O4S2/c1-16(17-11-12-32(29,30)15-17)14-26(2)25(31-26)23(27)13-22-18-7-3-5-9-20(18)24(28)21-10-6-4-8-19(21)22/h3,5,7,9,16-17,25,28-30H,4,6,8,10-15H2,1-2H3. The van der Waals surface area contributed by atoms with E-state index < -0.39 is 10.6 Å². The van der Waals surface area contributed by atoms with Gasteiger partial charge >= 0.3 is 0 Å². The lowest BCUT2D eigenvalue weighted by Crippen LogP contribution is -2.25. The Kier molecular flexibility index (Phi) is 5.80. The largest absolute Gasteiger partial charge is 0.507 e. The zero-order valence-electron chi connectivity index (χ0n) is 19.0. The average molecular weight is 475 g/mol. The molecule has 4 nitrogen and oxygen atoms in total. The van der Waals surface area contributed by atoms with E-state index in [2.05, 4.69) is 13.8 Å². The molecule has 0 aromatic heterocycles. The summed E-state index contributed by atoms with van der Waals surface area (Å²) in [6.45, 7) is 4.41. The Morgan fingerprint density at radius 3 is 2.56 bits per heavy atom. The first-order valence-corrected chi connectivity index (χ1v) is 14.6. The van der Waals surface area contributed by atoms with E-state index in [1.807, 2.05) is 24.3 Å². The number of thioether (sulfide) groups is 1. The molecular formula is C26H34O4S2. The minimum atomic E-state index is -2.37. The number of phenols is 1. The smallest absolute Gasteiger partial charge is 0.151 e. The third-order valence-corrected chi connectivity index (χ3v) is 11.5. The average Bonchev–Trinajstić information content (AvgIpc) is 3.29. The number of hydrogen-bond acceptors (Lipinski definition) is 5. The van der Waals surface area contributed by atoms with Gasteiger partial charge in [0.1, 0.15) is 5.75 Å². The Hall–Kier alpha value is -1.21. The zero-order valence-corrected chi connectivity index (χ0v) is 20.6. The Balaban J connectivity index is 1.35. The van der Waals surface area contributed by atoms with Crippen molar-refractivity contribution in [2.45, 2.75) is 68.8 Å². The van der Waals surface area contributed by atoms with E-state index >= 15 is 0 Å². The molecule has 4 atom stereocenters. The molecule has 2 aromatic rings. The summed E-state index contributed by atoms with van der Waals surface area (Å²) in [6.07, 6.45) is 6.30. The summed E-state index contributed by atoms with van der Waals surface area (Å²) in [7, 11) is -2.37. The van der Waals surface area contributed by atoms with Crippen LogP contribution < -0.4 is 0 Å². The fourth-order valence-electron chi connectivity index (χ4n) is 6.15. The molecule has 2 saturated heterocycles. The number of aromatic hydroxyl groups is 1. The van der Waals surface area contributed by atoms with Gasteiger partial charge < -0.3 is 5.11 Å². The fourth-order valence-corrected chi connectivity index (χ4v) is 9.45. The summed E-state index contributed by atoms with van der Waals surface area (Å²) < 4.78 is 19.9. The van der Waals surface area contributed by atoms with E-state index in [4.69, 9.17) is 0 Å². The van der Waals surface area contributed by atoms with Crippen molar-refractivity contribution in [3.63, 3.8) is 0 Å². The highest BCUT2D eigenvalue weighted by molar-refractivity contribution is 8.24. The minimum Gasteiger partial charge on any atom is -0.507 e. The third-order valence-electron chi connectivity index (χ3n) is 7.98. The molecule has 0 spiro atoms. The second-order valence-electron chi connectivity index (χ2n) is 10.4. The maximum absolute atomic E-state index is 13.5. The van der Waals surface area contributed by atoms with Crippen LogP contribution in [-0.2, 0) is 24.1 Å². The predicted molar refractivity (Wildman–Crippen MR) is 135 cm³/mol. The van der Waals surface area contributed by atoms with Gasteiger partial charge in [-0.05, 0) is 79.4 Å². The summed E-state index contributed by atoms with van der Waals surface area (Å²) in [6, 6.07) is 7.97. The second-order valence-corrected chi connectivity index (χ2v) is 14.4. The SMILES string of the molecule is CC(CC1(C)SC1C(=O)Cc1c2c(c(O)c3ccccc13)CCCC2)C1CCS(O)(O)C1. The van der Waals surface area contributed by atoms with Crippen LogP contribution in [0.1, 0.15) is 56.2 Å². The van der Waals surface area contributed by atoms with E-state index in [0.29, 0.717) is 41.3 Å². The molecule has 3 aliphatic rings. The highest BCUT2D eigenvalue weighted by Crippen LogP contribution is 2.60. The van der Waals surface area contributed by atoms with Gasteiger partial charge in [-0.15, -0.1) is 11.8 Å². The molecule has 0 amide bonds. The van der Waals surface area contributed by atoms with Crippen LogP contribution in [0.2, 0.25) is 0 Å². The Labute approximate surface area is 196 Å². The molecule has 2 aliphatic heterocycles. The van der Waals surface area contributed by atoms with E-state index in [1.54, 1.807) is 11.8 Å². The van der Waals surface area contributed by atoms with Crippen molar-refractivity contribution >= 4 is 38.9 Å². The molecule has 2 aromatic carbocycles. The first-order chi connectivity index (χ1) is 15.2. The lowest BCUT2D eigenvalue weighted by atomic mass is 9.81. The number of Topliss-reactive ketones (excluding diaryl/α,β-unsaturated/α-hetero) is 1. The summed E-state index contributed by atoms with van der Waals surface area (Å²) in [5, 5.41) is 12.8. The molecule has 1 aliphatic carbocycles. The molecule has 174 valence electrons. The summed E-state index contributed by atoms with van der Waals surface area (Å²) in [4.78, 5) is 13.5. The Bertz CT molecular complexity index is 1070. The van der Waals surface area contributed by atoms with Gasteiger partial charge in [0.15, 0.2) is 5.78 Å². The highest BCUT2D eigenvalue weighted by Gasteiger charge is 2.56. The summed E-state index contributed by atoms with van der Waals surface area (Å²) in [5.41, 5.74) is 3.39. The van der Waals surface area contributed by atoms with Crippen LogP contribution >= 0.6 is 22.4 Å². The van der Waals surface area contributed by atoms with Gasteiger partial charge in [0.05, 0.1) is 5.25 Å². The molecule has 0 radical (unpaired) electrons. The van der Waals surface area contributed by atoms with Gasteiger partial charge in [-0.25, -0.2) is 0 Å². The van der Waals surface area contributed by atoms with E-state index in [-0.39, 0.29) is 10.00 Å². The summed E-state index contributed by atoms with van der Waals surface area (Å²) in [5.74, 6) is 2.51. The van der Waals surface area contributed by atoms with Crippen molar-refractivity contribution < 1.29 is 19.0 Å². The molecule has 2 heterocycles. The molecule has 0 bridgehead atoms. The van der Waals surface area contributed by atoms with Gasteiger partial charge in [-0.2, -0.15) is 10.6 Å². The van der Waals surface area contributed by atoms with E-state index in [0.717, 1.165) is 60.4 Å². The monoisotopic (exact) mass is 474 g/mol. The molecule has 32 heavy (non-hydrogen) atoms. The van der Waals surface area contributed by atoms with Crippen LogP contribution in [0.4, 0.5) is 0 Å². The number of fused-ring (bicyclic) bond motifs is 2. The lowest BCUT2D eigenvalue weighted by Gasteiger charge is -2.28. The van der Waals surface area contributed by atoms with Gasteiger partial charge in [0, 0.05) is 28.1 Å². The molecule has 5 rings (SSSR count). The quantitative estimate of drug-likeness (QED) is 0.434. The normalized spacial score (nSPS) is 30.6. The van der Waals surface area contributed by atoms with E-state index in [9.17, 15) is 19.0 Å². The van der Waals surface area contributed by atoms with Gasteiger partial charge in [0.2, 0.25) is 0 Å².